The van der Waals surface area contributed by atoms with E-state index >= 15 is 0 Å². The number of hydrogen-bond acceptors (Lipinski definition) is 7. The summed E-state index contributed by atoms with van der Waals surface area (Å²) in [6.45, 7) is 6.20. The normalized spacial score (nSPS) is 14.1. The van der Waals surface area contributed by atoms with Gasteiger partial charge in [-0.05, 0) is 42.8 Å². The fourth-order valence-electron chi connectivity index (χ4n) is 4.03. The van der Waals surface area contributed by atoms with Crippen LogP contribution in [0.4, 0.5) is 5.82 Å². The summed E-state index contributed by atoms with van der Waals surface area (Å²) < 4.78 is 17.1. The smallest absolute Gasteiger partial charge is 0.161 e. The molecule has 0 spiro atoms. The molecule has 166 valence electrons. The highest BCUT2D eigenvalue weighted by Gasteiger charge is 2.21. The molecule has 1 aliphatic rings. The molecule has 0 saturated heterocycles. The molecule has 5 rings (SSSR count). The highest BCUT2D eigenvalue weighted by molar-refractivity contribution is 5.91. The molecule has 3 aromatic heterocycles. The average Bonchev–Trinajstić information content (AvgIpc) is 3.44. The molecular weight excluding hydrogens is 406 g/mol. The Kier molecular flexibility index (Phi) is 5.45. The van der Waals surface area contributed by atoms with Crippen LogP contribution in [0.2, 0.25) is 0 Å². The van der Waals surface area contributed by atoms with E-state index in [0.717, 1.165) is 50.9 Å². The summed E-state index contributed by atoms with van der Waals surface area (Å²) in [7, 11) is 1.89. The van der Waals surface area contributed by atoms with E-state index < -0.39 is 0 Å². The molecule has 0 fully saturated rings. The number of rotatable bonds is 7. The number of anilines is 1. The third-order valence-electron chi connectivity index (χ3n) is 5.63. The second-order valence-corrected chi connectivity index (χ2v) is 8.27. The van der Waals surface area contributed by atoms with Gasteiger partial charge in [0.2, 0.25) is 0 Å². The van der Waals surface area contributed by atoms with Gasteiger partial charge in [0.05, 0.1) is 23.7 Å². The summed E-state index contributed by atoms with van der Waals surface area (Å²) in [4.78, 5) is 12.4. The molecular formula is C24H27N5O3. The van der Waals surface area contributed by atoms with Crippen LogP contribution in [0.3, 0.4) is 0 Å². The molecule has 32 heavy (non-hydrogen) atoms. The van der Waals surface area contributed by atoms with Crippen molar-refractivity contribution in [3.63, 3.8) is 0 Å². The van der Waals surface area contributed by atoms with Gasteiger partial charge < -0.3 is 29.5 Å². The Morgan fingerprint density at radius 2 is 1.91 bits per heavy atom. The maximum absolute atomic E-state index is 5.79. The molecule has 0 saturated carbocycles. The van der Waals surface area contributed by atoms with Crippen molar-refractivity contribution in [1.82, 2.24) is 20.3 Å². The average molecular weight is 434 g/mol. The molecule has 0 unspecified atom stereocenters. The molecule has 0 amide bonds. The van der Waals surface area contributed by atoms with Crippen molar-refractivity contribution in [3.8, 4) is 22.8 Å². The number of nitrogens with one attached hydrogen (secondary N) is 3. The second kappa shape index (κ2) is 8.55. The lowest BCUT2D eigenvalue weighted by atomic mass is 9.95. The lowest BCUT2D eigenvalue weighted by Gasteiger charge is -2.26. The zero-order chi connectivity index (χ0) is 22.1. The van der Waals surface area contributed by atoms with Gasteiger partial charge in [-0.1, -0.05) is 19.9 Å². The van der Waals surface area contributed by atoms with Crippen LogP contribution >= 0.6 is 0 Å². The van der Waals surface area contributed by atoms with Gasteiger partial charge in [0.25, 0.3) is 0 Å². The van der Waals surface area contributed by atoms with Gasteiger partial charge >= 0.3 is 0 Å². The van der Waals surface area contributed by atoms with Crippen LogP contribution in [-0.2, 0) is 6.54 Å². The van der Waals surface area contributed by atoms with Crippen LogP contribution in [0.1, 0.15) is 31.2 Å². The highest BCUT2D eigenvalue weighted by atomic mass is 16.6. The minimum Gasteiger partial charge on any atom is -0.486 e. The van der Waals surface area contributed by atoms with Crippen LogP contribution in [-0.4, -0.2) is 35.2 Å². The Labute approximate surface area is 186 Å². The summed E-state index contributed by atoms with van der Waals surface area (Å²) in [5.74, 6) is 3.56. The predicted octanol–water partition coefficient (Wildman–Crippen LogP) is 4.52. The van der Waals surface area contributed by atoms with Gasteiger partial charge in [0.1, 0.15) is 43.0 Å². The molecule has 1 aromatic carbocycles. The number of benzene rings is 1. The van der Waals surface area contributed by atoms with Gasteiger partial charge in [-0.2, -0.15) is 0 Å². The fraction of sp³-hybridized carbons (Fsp3) is 0.333. The van der Waals surface area contributed by atoms with Crippen LogP contribution in [0.25, 0.3) is 22.3 Å². The number of nitrogens with zero attached hydrogens (tertiary/aromatic N) is 2. The van der Waals surface area contributed by atoms with E-state index in [1.165, 1.54) is 0 Å². The summed E-state index contributed by atoms with van der Waals surface area (Å²) in [6.07, 6.45) is 3.33. The number of aromatic nitrogens is 3. The Morgan fingerprint density at radius 1 is 1.06 bits per heavy atom. The van der Waals surface area contributed by atoms with Crippen molar-refractivity contribution >= 4 is 16.9 Å². The predicted molar refractivity (Wildman–Crippen MR) is 123 cm³/mol. The van der Waals surface area contributed by atoms with Crippen molar-refractivity contribution in [3.05, 3.63) is 54.2 Å². The van der Waals surface area contributed by atoms with E-state index in [1.54, 1.807) is 12.6 Å². The van der Waals surface area contributed by atoms with Crippen molar-refractivity contribution in [2.75, 3.05) is 25.6 Å². The first-order valence-electron chi connectivity index (χ1n) is 10.8. The van der Waals surface area contributed by atoms with Crippen LogP contribution in [0.15, 0.2) is 47.3 Å². The third kappa shape index (κ3) is 3.89. The van der Waals surface area contributed by atoms with E-state index in [1.807, 2.05) is 19.2 Å². The molecule has 0 aliphatic carbocycles. The molecule has 4 heterocycles. The van der Waals surface area contributed by atoms with E-state index in [-0.39, 0.29) is 6.04 Å². The van der Waals surface area contributed by atoms with E-state index in [2.05, 4.69) is 57.6 Å². The fourth-order valence-corrected chi connectivity index (χ4v) is 4.03. The molecule has 8 heteroatoms. The van der Waals surface area contributed by atoms with Crippen molar-refractivity contribution in [2.45, 2.75) is 26.4 Å². The van der Waals surface area contributed by atoms with E-state index in [4.69, 9.17) is 13.9 Å². The number of aromatic amines is 1. The van der Waals surface area contributed by atoms with Gasteiger partial charge in [-0.25, -0.2) is 9.97 Å². The van der Waals surface area contributed by atoms with E-state index in [9.17, 15) is 0 Å². The number of furan rings is 1. The van der Waals surface area contributed by atoms with Gasteiger partial charge in [0.15, 0.2) is 11.5 Å². The van der Waals surface area contributed by atoms with Crippen molar-refractivity contribution < 1.29 is 13.9 Å². The number of hydrogen-bond donors (Lipinski definition) is 3. The lowest BCUT2D eigenvalue weighted by Crippen LogP contribution is -2.19. The van der Waals surface area contributed by atoms with Gasteiger partial charge in [-0.3, -0.25) is 0 Å². The van der Waals surface area contributed by atoms with Crippen molar-refractivity contribution in [1.29, 1.82) is 0 Å². The molecule has 3 N–H and O–H groups in total. The Balaban J connectivity index is 1.47. The van der Waals surface area contributed by atoms with Crippen molar-refractivity contribution in [2.24, 2.45) is 5.92 Å². The quantitative estimate of drug-likeness (QED) is 0.394. The maximum Gasteiger partial charge on any atom is 0.161 e. The number of fused-ring (bicyclic) bond motifs is 2. The van der Waals surface area contributed by atoms with Gasteiger partial charge in [-0.15, -0.1) is 0 Å². The van der Waals surface area contributed by atoms with E-state index in [0.29, 0.717) is 25.7 Å². The summed E-state index contributed by atoms with van der Waals surface area (Å²) in [5.41, 5.74) is 3.82. The Hall–Kier alpha value is -3.52. The molecule has 1 aliphatic heterocycles. The van der Waals surface area contributed by atoms with Crippen LogP contribution in [0.5, 0.6) is 11.5 Å². The summed E-state index contributed by atoms with van der Waals surface area (Å²) >= 11 is 0. The molecule has 8 nitrogen and oxygen atoms in total. The molecule has 0 radical (unpaired) electrons. The lowest BCUT2D eigenvalue weighted by molar-refractivity contribution is 0.171. The minimum atomic E-state index is 0.0402. The monoisotopic (exact) mass is 433 g/mol. The van der Waals surface area contributed by atoms with Crippen LogP contribution in [0, 0.1) is 5.92 Å². The SMILES string of the molecule is CNCc1cc(-c2cc3c(N[C@@H](c4ccc5c(c4)OCCO5)C(C)C)ncnc3[nH]2)co1. The maximum atomic E-state index is 5.79. The number of H-pyrrole nitrogens is 1. The third-order valence-corrected chi connectivity index (χ3v) is 5.63. The molecule has 1 atom stereocenters. The largest absolute Gasteiger partial charge is 0.486 e. The zero-order valence-electron chi connectivity index (χ0n) is 18.4. The zero-order valence-corrected chi connectivity index (χ0v) is 18.4. The second-order valence-electron chi connectivity index (χ2n) is 8.27. The standard InChI is InChI=1S/C24H27N5O3/c1-14(2)22(15-4-5-20-21(9-15)31-7-6-30-20)29-24-18-10-19(28-23(18)26-13-27-24)16-8-17(11-25-3)32-12-16/h4-5,8-10,12-14,22,25H,6-7,11H2,1-3H3,(H2,26,27,28,29)/t22-/m1/s1. The Morgan fingerprint density at radius 3 is 2.72 bits per heavy atom. The number of ether oxygens (including phenoxy) is 2. The first-order valence-corrected chi connectivity index (χ1v) is 10.8. The summed E-state index contributed by atoms with van der Waals surface area (Å²) in [6, 6.07) is 10.2. The Bertz CT molecular complexity index is 1230. The van der Waals surface area contributed by atoms with Gasteiger partial charge in [0, 0.05) is 5.56 Å². The van der Waals surface area contributed by atoms with Crippen LogP contribution < -0.4 is 20.1 Å². The molecule has 4 aromatic rings. The molecule has 0 bridgehead atoms. The topological polar surface area (TPSA) is 97.2 Å². The minimum absolute atomic E-state index is 0.0402. The summed E-state index contributed by atoms with van der Waals surface area (Å²) in [5, 5.41) is 7.66. The highest BCUT2D eigenvalue weighted by Crippen LogP contribution is 2.37. The first-order chi connectivity index (χ1) is 15.6. The first kappa shape index (κ1) is 20.4.